The number of nitrogens with zero attached hydrogens (tertiary/aromatic N) is 3. The first-order valence-electron chi connectivity index (χ1n) is 9.21. The van der Waals surface area contributed by atoms with E-state index in [0.29, 0.717) is 18.5 Å². The summed E-state index contributed by atoms with van der Waals surface area (Å²) in [6.07, 6.45) is 3.62. The summed E-state index contributed by atoms with van der Waals surface area (Å²) in [6.45, 7) is 10.5. The number of rotatable bonds is 5. The molecule has 2 saturated heterocycles. The van der Waals surface area contributed by atoms with Crippen molar-refractivity contribution in [1.82, 2.24) is 20.0 Å². The summed E-state index contributed by atoms with van der Waals surface area (Å²) < 4.78 is 5.79. The summed E-state index contributed by atoms with van der Waals surface area (Å²) in [6, 6.07) is 0.892. The topological polar surface area (TPSA) is 61.5 Å². The molecule has 1 amide bonds. The number of hydrogen-bond donors (Lipinski definition) is 1. The van der Waals surface area contributed by atoms with Crippen molar-refractivity contribution in [3.05, 3.63) is 17.0 Å². The minimum Gasteiger partial charge on any atom is -0.378 e. The van der Waals surface area contributed by atoms with Crippen LogP contribution in [-0.2, 0) is 16.0 Å². The van der Waals surface area contributed by atoms with E-state index in [9.17, 15) is 4.79 Å². The van der Waals surface area contributed by atoms with Gasteiger partial charge in [-0.25, -0.2) is 0 Å². The highest BCUT2D eigenvalue weighted by Crippen LogP contribution is 2.22. The molecule has 1 aromatic rings. The van der Waals surface area contributed by atoms with Gasteiger partial charge in [-0.1, -0.05) is 13.3 Å². The second kappa shape index (κ2) is 7.66. The molecule has 6 nitrogen and oxygen atoms in total. The molecular formula is C18H30N4O2. The molecule has 2 aliphatic rings. The fourth-order valence-electron chi connectivity index (χ4n) is 3.91. The van der Waals surface area contributed by atoms with Gasteiger partial charge in [0, 0.05) is 44.2 Å². The van der Waals surface area contributed by atoms with Gasteiger partial charge in [-0.05, 0) is 25.8 Å². The Labute approximate surface area is 144 Å². The standard InChI is InChI=1S/C18H30N4O2/c1-4-5-15-11-24-12-16-10-21(8-9-22(15)16)18(23)7-6-17-13(2)14(3)19-20-17/h15-16H,4-12H2,1-3H3,(H,19,20)/t15-,16+/m0/s1. The smallest absolute Gasteiger partial charge is 0.223 e. The Hall–Kier alpha value is -1.40. The number of aromatic amines is 1. The van der Waals surface area contributed by atoms with E-state index in [2.05, 4.69) is 28.9 Å². The number of ether oxygens (including phenoxy) is 1. The predicted octanol–water partition coefficient (Wildman–Crippen LogP) is 1.67. The number of hydrogen-bond acceptors (Lipinski definition) is 4. The van der Waals surface area contributed by atoms with Gasteiger partial charge in [0.15, 0.2) is 0 Å². The Kier molecular flexibility index (Phi) is 5.56. The molecule has 2 atom stereocenters. The number of aryl methyl sites for hydroxylation is 2. The highest BCUT2D eigenvalue weighted by atomic mass is 16.5. The molecule has 0 saturated carbocycles. The molecule has 0 radical (unpaired) electrons. The zero-order valence-corrected chi connectivity index (χ0v) is 15.2. The summed E-state index contributed by atoms with van der Waals surface area (Å²) in [4.78, 5) is 17.2. The van der Waals surface area contributed by atoms with Gasteiger partial charge in [-0.2, -0.15) is 5.10 Å². The number of fused-ring (bicyclic) bond motifs is 1. The first-order chi connectivity index (χ1) is 11.6. The van der Waals surface area contributed by atoms with E-state index in [1.165, 1.54) is 18.4 Å². The van der Waals surface area contributed by atoms with Gasteiger partial charge in [0.1, 0.15) is 0 Å². The van der Waals surface area contributed by atoms with E-state index < -0.39 is 0 Å². The van der Waals surface area contributed by atoms with E-state index in [4.69, 9.17) is 4.74 Å². The second-order valence-corrected chi connectivity index (χ2v) is 7.13. The molecule has 3 heterocycles. The van der Waals surface area contributed by atoms with Crippen LogP contribution in [0.15, 0.2) is 0 Å². The molecule has 3 rings (SSSR count). The fraction of sp³-hybridized carbons (Fsp3) is 0.778. The van der Waals surface area contributed by atoms with Crippen LogP contribution in [0.1, 0.15) is 43.1 Å². The highest BCUT2D eigenvalue weighted by Gasteiger charge is 2.36. The lowest BCUT2D eigenvalue weighted by Gasteiger charge is -2.48. The lowest BCUT2D eigenvalue weighted by Crippen LogP contribution is -2.62. The monoisotopic (exact) mass is 334 g/mol. The Bertz CT molecular complexity index is 569. The molecule has 0 aliphatic carbocycles. The van der Waals surface area contributed by atoms with Crippen molar-refractivity contribution < 1.29 is 9.53 Å². The van der Waals surface area contributed by atoms with Gasteiger partial charge in [-0.3, -0.25) is 14.8 Å². The number of carbonyl (C=O) groups is 1. The Balaban J connectivity index is 1.53. The Morgan fingerprint density at radius 2 is 2.17 bits per heavy atom. The van der Waals surface area contributed by atoms with Crippen molar-refractivity contribution in [2.75, 3.05) is 32.8 Å². The number of nitrogens with one attached hydrogen (secondary N) is 1. The van der Waals surface area contributed by atoms with Crippen molar-refractivity contribution in [2.45, 2.75) is 58.5 Å². The van der Waals surface area contributed by atoms with Crippen molar-refractivity contribution >= 4 is 5.91 Å². The maximum atomic E-state index is 12.6. The Morgan fingerprint density at radius 3 is 2.88 bits per heavy atom. The van der Waals surface area contributed by atoms with Gasteiger partial charge < -0.3 is 9.64 Å². The fourth-order valence-corrected chi connectivity index (χ4v) is 3.91. The molecule has 0 bridgehead atoms. The summed E-state index contributed by atoms with van der Waals surface area (Å²) in [5.41, 5.74) is 3.28. The van der Waals surface area contributed by atoms with Crippen LogP contribution >= 0.6 is 0 Å². The van der Waals surface area contributed by atoms with Crippen molar-refractivity contribution in [2.24, 2.45) is 0 Å². The Morgan fingerprint density at radius 1 is 1.33 bits per heavy atom. The first-order valence-corrected chi connectivity index (χ1v) is 9.21. The normalized spacial score (nSPS) is 24.9. The molecular weight excluding hydrogens is 304 g/mol. The molecule has 0 spiro atoms. The third kappa shape index (κ3) is 3.64. The molecule has 0 aromatic carbocycles. The first kappa shape index (κ1) is 17.4. The van der Waals surface area contributed by atoms with E-state index in [-0.39, 0.29) is 5.91 Å². The molecule has 6 heteroatoms. The summed E-state index contributed by atoms with van der Waals surface area (Å²) in [5.74, 6) is 0.243. The average Bonchev–Trinajstić information content (AvgIpc) is 2.91. The number of amides is 1. The van der Waals surface area contributed by atoms with Crippen molar-refractivity contribution in [3.63, 3.8) is 0 Å². The van der Waals surface area contributed by atoms with Gasteiger partial charge in [0.05, 0.1) is 24.9 Å². The summed E-state index contributed by atoms with van der Waals surface area (Å²) in [7, 11) is 0. The quantitative estimate of drug-likeness (QED) is 0.890. The van der Waals surface area contributed by atoms with E-state index in [0.717, 1.165) is 50.7 Å². The summed E-state index contributed by atoms with van der Waals surface area (Å²) in [5, 5.41) is 7.30. The minimum absolute atomic E-state index is 0.243. The maximum absolute atomic E-state index is 12.6. The van der Waals surface area contributed by atoms with Crippen LogP contribution < -0.4 is 0 Å². The van der Waals surface area contributed by atoms with E-state index >= 15 is 0 Å². The third-order valence-electron chi connectivity index (χ3n) is 5.52. The number of carbonyl (C=O) groups excluding carboxylic acids is 1. The SMILES string of the molecule is CCC[C@H]1COC[C@H]2CN(C(=O)CCc3n[nH]c(C)c3C)CCN12. The van der Waals surface area contributed by atoms with Crippen LogP contribution in [-0.4, -0.2) is 70.8 Å². The molecule has 0 unspecified atom stereocenters. The van der Waals surface area contributed by atoms with Crippen LogP contribution in [0.3, 0.4) is 0 Å². The van der Waals surface area contributed by atoms with Crippen molar-refractivity contribution in [1.29, 1.82) is 0 Å². The van der Waals surface area contributed by atoms with Gasteiger partial charge >= 0.3 is 0 Å². The zero-order chi connectivity index (χ0) is 17.1. The van der Waals surface area contributed by atoms with Gasteiger partial charge in [0.25, 0.3) is 0 Å². The predicted molar refractivity (Wildman–Crippen MR) is 93.0 cm³/mol. The third-order valence-corrected chi connectivity index (χ3v) is 5.52. The summed E-state index contributed by atoms with van der Waals surface area (Å²) >= 11 is 0. The van der Waals surface area contributed by atoms with E-state index in [1.54, 1.807) is 0 Å². The minimum atomic E-state index is 0.243. The van der Waals surface area contributed by atoms with Crippen LogP contribution in [0.25, 0.3) is 0 Å². The number of piperazine rings is 1. The largest absolute Gasteiger partial charge is 0.378 e. The van der Waals surface area contributed by atoms with Gasteiger partial charge in [0.2, 0.25) is 5.91 Å². The molecule has 134 valence electrons. The molecule has 2 fully saturated rings. The average molecular weight is 334 g/mol. The molecule has 1 N–H and O–H groups in total. The number of morpholine rings is 1. The van der Waals surface area contributed by atoms with Crippen molar-refractivity contribution in [3.8, 4) is 0 Å². The highest BCUT2D eigenvalue weighted by molar-refractivity contribution is 5.76. The molecule has 1 aromatic heterocycles. The number of aromatic nitrogens is 2. The van der Waals surface area contributed by atoms with Gasteiger partial charge in [-0.15, -0.1) is 0 Å². The lowest BCUT2D eigenvalue weighted by atomic mass is 10.0. The zero-order valence-electron chi connectivity index (χ0n) is 15.2. The van der Waals surface area contributed by atoms with E-state index in [1.807, 2.05) is 11.8 Å². The van der Waals surface area contributed by atoms with Crippen LogP contribution in [0, 0.1) is 13.8 Å². The number of H-pyrrole nitrogens is 1. The van der Waals surface area contributed by atoms with Crippen LogP contribution in [0.4, 0.5) is 0 Å². The maximum Gasteiger partial charge on any atom is 0.223 e. The van der Waals surface area contributed by atoms with Crippen LogP contribution in [0.2, 0.25) is 0 Å². The molecule has 24 heavy (non-hydrogen) atoms. The molecule has 2 aliphatic heterocycles. The van der Waals surface area contributed by atoms with Crippen LogP contribution in [0.5, 0.6) is 0 Å². The second-order valence-electron chi connectivity index (χ2n) is 7.13. The lowest BCUT2D eigenvalue weighted by molar-refractivity contribution is -0.140.